The van der Waals surface area contributed by atoms with Gasteiger partial charge in [0.15, 0.2) is 6.10 Å². The van der Waals surface area contributed by atoms with Crippen molar-refractivity contribution in [3.8, 4) is 5.75 Å². The number of esters is 1. The molecule has 0 bridgehead atoms. The first-order valence-corrected chi connectivity index (χ1v) is 16.1. The second-order valence-electron chi connectivity index (χ2n) is 12.3. The number of rotatable bonds is 18. The number of aliphatic hydroxyl groups excluding tert-OH is 1. The molecule has 0 radical (unpaired) electrons. The molecule has 0 aromatic heterocycles. The normalized spacial score (nSPS) is 18.9. The van der Waals surface area contributed by atoms with E-state index < -0.39 is 47.9 Å². The zero-order valence-electron chi connectivity index (χ0n) is 27.4. The summed E-state index contributed by atoms with van der Waals surface area (Å²) in [5, 5.41) is 25.2. The third-order valence-corrected chi connectivity index (χ3v) is 8.22. The highest BCUT2D eigenvalue weighted by atomic mass is 35.5. The third-order valence-electron chi connectivity index (χ3n) is 7.92. The molecule has 1 aliphatic rings. The molecule has 2 aromatic carbocycles. The molecule has 47 heavy (non-hydrogen) atoms. The lowest BCUT2D eigenvalue weighted by Gasteiger charge is -2.24. The monoisotopic (exact) mass is 672 g/mol. The molecule has 2 aromatic rings. The van der Waals surface area contributed by atoms with Gasteiger partial charge >= 0.3 is 11.9 Å². The van der Waals surface area contributed by atoms with Crippen LogP contribution in [0.15, 0.2) is 60.7 Å². The highest BCUT2D eigenvalue weighted by molar-refractivity contribution is 6.32. The number of carbonyl (C=O) groups is 4. The average Bonchev–Trinajstić information content (AvgIpc) is 3.83. The fourth-order valence-electron chi connectivity index (χ4n) is 5.06. The number of halogens is 1. The van der Waals surface area contributed by atoms with E-state index >= 15 is 0 Å². The zero-order valence-corrected chi connectivity index (χ0v) is 28.1. The van der Waals surface area contributed by atoms with Crippen LogP contribution in [0.3, 0.4) is 0 Å². The van der Waals surface area contributed by atoms with E-state index in [1.54, 1.807) is 24.3 Å². The number of hydrogen-bond donors (Lipinski definition) is 4. The van der Waals surface area contributed by atoms with Gasteiger partial charge in [-0.1, -0.05) is 81.8 Å². The lowest BCUT2D eigenvalue weighted by Crippen LogP contribution is -2.48. The van der Waals surface area contributed by atoms with Crippen LogP contribution in [0.2, 0.25) is 5.02 Å². The van der Waals surface area contributed by atoms with Crippen molar-refractivity contribution in [3.63, 3.8) is 0 Å². The number of benzene rings is 2. The molecule has 1 saturated heterocycles. The van der Waals surface area contributed by atoms with E-state index in [1.807, 2.05) is 51.1 Å². The van der Waals surface area contributed by atoms with Crippen LogP contribution in [0.5, 0.6) is 5.75 Å². The summed E-state index contributed by atoms with van der Waals surface area (Å²) < 4.78 is 16.9. The first-order chi connectivity index (χ1) is 22.3. The number of nitrogens with one attached hydrogen (secondary N) is 2. The van der Waals surface area contributed by atoms with Gasteiger partial charge in [0, 0.05) is 25.3 Å². The Hall–Kier alpha value is -3.93. The van der Waals surface area contributed by atoms with Crippen molar-refractivity contribution in [1.82, 2.24) is 10.6 Å². The van der Waals surface area contributed by atoms with Crippen LogP contribution in [0, 0.1) is 17.8 Å². The second-order valence-corrected chi connectivity index (χ2v) is 12.7. The molecule has 2 amide bonds. The number of methoxy groups -OCH3 is 1. The van der Waals surface area contributed by atoms with Gasteiger partial charge in [-0.25, -0.2) is 4.79 Å². The number of amides is 2. The quantitative estimate of drug-likeness (QED) is 0.103. The average molecular weight is 673 g/mol. The Kier molecular flexibility index (Phi) is 14.2. The van der Waals surface area contributed by atoms with Crippen LogP contribution in [-0.4, -0.2) is 72.0 Å². The lowest BCUT2D eigenvalue weighted by molar-refractivity contribution is -0.162. The molecule has 256 valence electrons. The molecule has 12 heteroatoms. The van der Waals surface area contributed by atoms with E-state index in [0.29, 0.717) is 16.3 Å². The van der Waals surface area contributed by atoms with Gasteiger partial charge in [0.25, 0.3) is 0 Å². The predicted octanol–water partition coefficient (Wildman–Crippen LogP) is 4.25. The molecular formula is C35H45ClN2O9. The summed E-state index contributed by atoms with van der Waals surface area (Å²) in [6.45, 7) is 7.02. The number of aliphatic carboxylic acids is 1. The minimum absolute atomic E-state index is 0.0709. The molecule has 0 saturated carbocycles. The molecule has 1 heterocycles. The topological polar surface area (TPSA) is 164 Å². The van der Waals surface area contributed by atoms with Gasteiger partial charge in [0.2, 0.25) is 11.8 Å². The molecule has 0 aliphatic carbocycles. The summed E-state index contributed by atoms with van der Waals surface area (Å²) in [6, 6.07) is 13.6. The van der Waals surface area contributed by atoms with Crippen molar-refractivity contribution in [2.45, 2.75) is 77.4 Å². The fourth-order valence-corrected chi connectivity index (χ4v) is 5.34. The maximum absolute atomic E-state index is 13.1. The largest absolute Gasteiger partial charge is 0.495 e. The molecule has 4 N–H and O–H groups in total. The number of carboxylic acids is 1. The molecule has 7 atom stereocenters. The number of hydrogen-bond acceptors (Lipinski definition) is 8. The fraction of sp³-hybridized carbons (Fsp3) is 0.486. The van der Waals surface area contributed by atoms with E-state index in [2.05, 4.69) is 10.6 Å². The van der Waals surface area contributed by atoms with Gasteiger partial charge in [-0.3, -0.25) is 14.4 Å². The predicted molar refractivity (Wildman–Crippen MR) is 176 cm³/mol. The molecule has 1 fully saturated rings. The Morgan fingerprint density at radius 2 is 1.77 bits per heavy atom. The van der Waals surface area contributed by atoms with Crippen LogP contribution in [-0.2, 0) is 35.1 Å². The van der Waals surface area contributed by atoms with Crippen molar-refractivity contribution in [2.75, 3.05) is 13.7 Å². The lowest BCUT2D eigenvalue weighted by atomic mass is 9.93. The van der Waals surface area contributed by atoms with Crippen LogP contribution >= 0.6 is 11.6 Å². The van der Waals surface area contributed by atoms with Crippen molar-refractivity contribution < 1.29 is 43.6 Å². The first kappa shape index (κ1) is 37.5. The smallest absolute Gasteiger partial charge is 0.335 e. The number of ether oxygens (including phenoxy) is 3. The van der Waals surface area contributed by atoms with E-state index in [-0.39, 0.29) is 49.9 Å². The molecular weight excluding hydrogens is 628 g/mol. The minimum atomic E-state index is -1.28. The van der Waals surface area contributed by atoms with Crippen LogP contribution in [0.25, 0.3) is 0 Å². The summed E-state index contributed by atoms with van der Waals surface area (Å²) in [5.41, 5.74) is 1.65. The Bertz CT molecular complexity index is 1400. The highest BCUT2D eigenvalue weighted by Gasteiger charge is 2.47. The third kappa shape index (κ3) is 11.7. The Labute approximate surface area is 280 Å². The maximum Gasteiger partial charge on any atom is 0.335 e. The summed E-state index contributed by atoms with van der Waals surface area (Å²) >= 11 is 6.26. The Morgan fingerprint density at radius 3 is 2.38 bits per heavy atom. The van der Waals surface area contributed by atoms with E-state index in [1.165, 1.54) is 20.1 Å². The molecule has 7 unspecified atom stereocenters. The standard InChI is InChI=1S/C35H45ClN2O9/c1-20(2)16-27(39)35(44)46-28(22(4)31-32(47-31)24-10-7-6-8-11-24)12-9-13-30(40)38-26(33(41)37-19-21(3)34(42)43)18-23-14-15-29(45-5)25(36)17-23/h6-11,13-15,17,20-22,26-28,31-32,39H,12,16,18-19H2,1-5H3,(H,37,41)(H,38,40)(H,42,43)/b13-9+. The maximum atomic E-state index is 13.1. The van der Waals surface area contributed by atoms with E-state index in [9.17, 15) is 29.4 Å². The van der Waals surface area contributed by atoms with E-state index in [4.69, 9.17) is 25.8 Å². The second kappa shape index (κ2) is 17.8. The van der Waals surface area contributed by atoms with Crippen molar-refractivity contribution in [1.29, 1.82) is 0 Å². The highest BCUT2D eigenvalue weighted by Crippen LogP contribution is 2.45. The number of epoxide rings is 1. The first-order valence-electron chi connectivity index (χ1n) is 15.7. The van der Waals surface area contributed by atoms with Gasteiger partial charge < -0.3 is 35.1 Å². The van der Waals surface area contributed by atoms with Gasteiger partial charge in [-0.15, -0.1) is 0 Å². The van der Waals surface area contributed by atoms with Crippen LogP contribution < -0.4 is 15.4 Å². The molecule has 0 spiro atoms. The van der Waals surface area contributed by atoms with Gasteiger partial charge in [-0.05, 0) is 41.7 Å². The van der Waals surface area contributed by atoms with Crippen molar-refractivity contribution in [3.05, 3.63) is 76.8 Å². The van der Waals surface area contributed by atoms with Gasteiger partial charge in [-0.2, -0.15) is 0 Å². The van der Waals surface area contributed by atoms with Crippen LogP contribution in [0.1, 0.15) is 57.8 Å². The SMILES string of the molecule is COc1ccc(CC(NC(=O)/C=C/CC(OC(=O)C(O)CC(C)C)C(C)C2OC2c2ccccc2)C(=O)NCC(C)C(=O)O)cc1Cl. The molecule has 1 aliphatic heterocycles. The Balaban J connectivity index is 1.72. The molecule has 3 rings (SSSR count). The minimum Gasteiger partial charge on any atom is -0.495 e. The van der Waals surface area contributed by atoms with Gasteiger partial charge in [0.05, 0.1) is 24.2 Å². The number of carbonyl (C=O) groups excluding carboxylic acids is 3. The summed E-state index contributed by atoms with van der Waals surface area (Å²) in [6.07, 6.45) is 0.900. The van der Waals surface area contributed by atoms with E-state index in [0.717, 1.165) is 5.56 Å². The summed E-state index contributed by atoms with van der Waals surface area (Å²) in [4.78, 5) is 50.2. The Morgan fingerprint density at radius 1 is 1.06 bits per heavy atom. The van der Waals surface area contributed by atoms with Crippen LogP contribution in [0.4, 0.5) is 0 Å². The van der Waals surface area contributed by atoms with Crippen molar-refractivity contribution >= 4 is 35.4 Å². The number of aliphatic hydroxyl groups is 1. The molecule has 11 nitrogen and oxygen atoms in total. The summed E-state index contributed by atoms with van der Waals surface area (Å²) in [7, 11) is 1.48. The zero-order chi connectivity index (χ0) is 34.7. The van der Waals surface area contributed by atoms with Gasteiger partial charge in [0.1, 0.15) is 24.0 Å². The number of carboxylic acid groups (broad SMARTS) is 1. The van der Waals surface area contributed by atoms with Crippen molar-refractivity contribution in [2.24, 2.45) is 17.8 Å². The summed E-state index contributed by atoms with van der Waals surface area (Å²) in [5.74, 6) is -3.52.